The van der Waals surface area contributed by atoms with E-state index in [2.05, 4.69) is 71.0 Å². The first kappa shape index (κ1) is 21.4. The Balaban J connectivity index is 1.37. The standard InChI is InChI=1S/C27H33N3O/c1-20-3-5-22(6-4-20)17-23-9-7-21(8-10-23)11-12-25(18-28-2)27(31)29-26-19-30-15-13-24(26)14-16-30/h3-12,18,24,26,28H,13-17,19H2,1-2H3,(H,29,31)/b12-11-,25-18+. The number of amides is 1. The number of piperidine rings is 3. The first-order valence-corrected chi connectivity index (χ1v) is 11.3. The van der Waals surface area contributed by atoms with Crippen molar-refractivity contribution in [2.24, 2.45) is 5.92 Å². The fourth-order valence-electron chi connectivity index (χ4n) is 4.60. The molecular weight excluding hydrogens is 382 g/mol. The number of nitrogens with zero attached hydrogens (tertiary/aromatic N) is 1. The Hall–Kier alpha value is -2.85. The first-order valence-electron chi connectivity index (χ1n) is 11.3. The second kappa shape index (κ2) is 9.97. The summed E-state index contributed by atoms with van der Waals surface area (Å²) in [7, 11) is 1.83. The molecule has 162 valence electrons. The van der Waals surface area contributed by atoms with E-state index in [4.69, 9.17) is 0 Å². The van der Waals surface area contributed by atoms with E-state index in [0.29, 0.717) is 11.5 Å². The molecule has 0 spiro atoms. The Bertz CT molecular complexity index is 935. The predicted molar refractivity (Wildman–Crippen MR) is 128 cm³/mol. The molecule has 1 unspecified atom stereocenters. The van der Waals surface area contributed by atoms with E-state index in [1.54, 1.807) is 6.20 Å². The number of hydrogen-bond acceptors (Lipinski definition) is 3. The maximum Gasteiger partial charge on any atom is 0.253 e. The summed E-state index contributed by atoms with van der Waals surface area (Å²) in [5, 5.41) is 6.28. The zero-order valence-electron chi connectivity index (χ0n) is 18.6. The molecule has 2 aromatic carbocycles. The number of carbonyl (C=O) groups excluding carboxylic acids is 1. The minimum Gasteiger partial charge on any atom is -0.393 e. The van der Waals surface area contributed by atoms with Gasteiger partial charge >= 0.3 is 0 Å². The molecule has 31 heavy (non-hydrogen) atoms. The Morgan fingerprint density at radius 3 is 2.26 bits per heavy atom. The third-order valence-electron chi connectivity index (χ3n) is 6.50. The van der Waals surface area contributed by atoms with Gasteiger partial charge < -0.3 is 15.5 Å². The van der Waals surface area contributed by atoms with Gasteiger partial charge in [-0.05, 0) is 68.0 Å². The van der Waals surface area contributed by atoms with Crippen molar-refractivity contribution >= 4 is 12.0 Å². The second-order valence-corrected chi connectivity index (χ2v) is 8.84. The van der Waals surface area contributed by atoms with Gasteiger partial charge in [-0.2, -0.15) is 0 Å². The van der Waals surface area contributed by atoms with Crippen LogP contribution in [0, 0.1) is 12.8 Å². The van der Waals surface area contributed by atoms with Crippen LogP contribution < -0.4 is 10.6 Å². The first-order chi connectivity index (χ1) is 15.1. The molecule has 0 saturated carbocycles. The second-order valence-electron chi connectivity index (χ2n) is 8.84. The van der Waals surface area contributed by atoms with Crippen molar-refractivity contribution in [2.45, 2.75) is 32.2 Å². The smallest absolute Gasteiger partial charge is 0.253 e. The van der Waals surface area contributed by atoms with Gasteiger partial charge in [0.05, 0.1) is 5.57 Å². The van der Waals surface area contributed by atoms with Crippen molar-refractivity contribution in [3.05, 3.63) is 88.6 Å². The van der Waals surface area contributed by atoms with E-state index in [0.717, 1.165) is 18.5 Å². The third kappa shape index (κ3) is 5.65. The quantitative estimate of drug-likeness (QED) is 0.532. The average molecular weight is 416 g/mol. The van der Waals surface area contributed by atoms with Gasteiger partial charge in [-0.3, -0.25) is 4.79 Å². The molecule has 4 nitrogen and oxygen atoms in total. The molecule has 3 fully saturated rings. The van der Waals surface area contributed by atoms with E-state index in [9.17, 15) is 4.79 Å². The van der Waals surface area contributed by atoms with E-state index in [-0.39, 0.29) is 11.9 Å². The molecule has 2 aromatic rings. The van der Waals surface area contributed by atoms with E-state index in [1.807, 2.05) is 19.2 Å². The summed E-state index contributed by atoms with van der Waals surface area (Å²) in [4.78, 5) is 15.3. The Kier molecular flexibility index (Phi) is 6.88. The minimum atomic E-state index is 0.000316. The van der Waals surface area contributed by atoms with E-state index < -0.39 is 0 Å². The number of nitrogens with one attached hydrogen (secondary N) is 2. The van der Waals surface area contributed by atoms with Crippen molar-refractivity contribution in [3.8, 4) is 0 Å². The van der Waals surface area contributed by atoms with Gasteiger partial charge in [-0.15, -0.1) is 0 Å². The summed E-state index contributed by atoms with van der Waals surface area (Å²) in [5.41, 5.74) is 5.63. The molecule has 4 heteroatoms. The normalized spacial score (nSPS) is 23.2. The number of rotatable bonds is 7. The van der Waals surface area contributed by atoms with Crippen LogP contribution in [0.25, 0.3) is 6.08 Å². The monoisotopic (exact) mass is 415 g/mol. The van der Waals surface area contributed by atoms with Gasteiger partial charge in [-0.1, -0.05) is 60.2 Å². The van der Waals surface area contributed by atoms with Crippen molar-refractivity contribution in [3.63, 3.8) is 0 Å². The molecule has 3 saturated heterocycles. The molecule has 1 amide bonds. The maximum absolute atomic E-state index is 12.9. The van der Waals surface area contributed by atoms with Crippen LogP contribution in [0.15, 0.2) is 66.4 Å². The number of fused-ring (bicyclic) bond motifs is 3. The highest BCUT2D eigenvalue weighted by Gasteiger charge is 2.35. The lowest BCUT2D eigenvalue weighted by Crippen LogP contribution is -2.57. The van der Waals surface area contributed by atoms with Crippen molar-refractivity contribution in [1.82, 2.24) is 15.5 Å². The molecular formula is C27H33N3O. The molecule has 3 aliphatic rings. The van der Waals surface area contributed by atoms with Crippen LogP contribution >= 0.6 is 0 Å². The predicted octanol–water partition coefficient (Wildman–Crippen LogP) is 3.91. The summed E-state index contributed by atoms with van der Waals surface area (Å²) in [6.45, 7) is 5.45. The van der Waals surface area contributed by atoms with Crippen LogP contribution in [-0.4, -0.2) is 43.5 Å². The topological polar surface area (TPSA) is 44.4 Å². The Morgan fingerprint density at radius 2 is 1.68 bits per heavy atom. The van der Waals surface area contributed by atoms with Crippen molar-refractivity contribution in [1.29, 1.82) is 0 Å². The molecule has 0 aromatic heterocycles. The molecule has 5 rings (SSSR count). The van der Waals surface area contributed by atoms with Crippen molar-refractivity contribution in [2.75, 3.05) is 26.7 Å². The van der Waals surface area contributed by atoms with Gasteiger partial charge in [-0.25, -0.2) is 0 Å². The largest absolute Gasteiger partial charge is 0.393 e. The average Bonchev–Trinajstić information content (AvgIpc) is 2.80. The fraction of sp³-hybridized carbons (Fsp3) is 0.370. The molecule has 0 aliphatic carbocycles. The molecule has 3 heterocycles. The van der Waals surface area contributed by atoms with Crippen LogP contribution in [0.1, 0.15) is 35.1 Å². The summed E-state index contributed by atoms with van der Waals surface area (Å²) in [5.74, 6) is 0.621. The van der Waals surface area contributed by atoms with E-state index in [1.165, 1.54) is 42.6 Å². The Morgan fingerprint density at radius 1 is 1.03 bits per heavy atom. The van der Waals surface area contributed by atoms with Gasteiger partial charge in [0.25, 0.3) is 5.91 Å². The number of carbonyl (C=O) groups is 1. The Labute approximate surface area is 186 Å². The SMILES string of the molecule is CN/C=C(\C=C/c1ccc(Cc2ccc(C)cc2)cc1)C(=O)NC1CN2CCC1CC2. The van der Waals surface area contributed by atoms with Crippen LogP contribution in [0.3, 0.4) is 0 Å². The number of benzene rings is 2. The zero-order valence-corrected chi connectivity index (χ0v) is 18.6. The van der Waals surface area contributed by atoms with Gasteiger partial charge in [0.2, 0.25) is 0 Å². The summed E-state index contributed by atoms with van der Waals surface area (Å²) in [6.07, 6.45) is 9.01. The maximum atomic E-state index is 12.9. The van der Waals surface area contributed by atoms with Gasteiger partial charge in [0.15, 0.2) is 0 Å². The zero-order chi connectivity index (χ0) is 21.6. The molecule has 1 atom stereocenters. The third-order valence-corrected chi connectivity index (χ3v) is 6.50. The lowest BCUT2D eigenvalue weighted by Gasteiger charge is -2.44. The summed E-state index contributed by atoms with van der Waals surface area (Å²) in [6, 6.07) is 17.5. The number of hydrogen-bond donors (Lipinski definition) is 2. The van der Waals surface area contributed by atoms with Gasteiger partial charge in [0.1, 0.15) is 0 Å². The highest BCUT2D eigenvalue weighted by Crippen LogP contribution is 2.27. The molecule has 3 aliphatic heterocycles. The van der Waals surface area contributed by atoms with E-state index >= 15 is 0 Å². The van der Waals surface area contributed by atoms with Crippen LogP contribution in [-0.2, 0) is 11.2 Å². The summed E-state index contributed by atoms with van der Waals surface area (Å²) < 4.78 is 0. The van der Waals surface area contributed by atoms with Crippen molar-refractivity contribution < 1.29 is 4.79 Å². The fourth-order valence-corrected chi connectivity index (χ4v) is 4.60. The van der Waals surface area contributed by atoms with Crippen LogP contribution in [0.4, 0.5) is 0 Å². The lowest BCUT2D eigenvalue weighted by molar-refractivity contribution is -0.119. The minimum absolute atomic E-state index is 0.000316. The lowest BCUT2D eigenvalue weighted by atomic mass is 9.84. The number of aryl methyl sites for hydroxylation is 1. The highest BCUT2D eigenvalue weighted by atomic mass is 16.1. The molecule has 0 radical (unpaired) electrons. The summed E-state index contributed by atoms with van der Waals surface area (Å²) >= 11 is 0. The molecule has 2 N–H and O–H groups in total. The van der Waals surface area contributed by atoms with Crippen LogP contribution in [0.2, 0.25) is 0 Å². The molecule has 2 bridgehead atoms. The van der Waals surface area contributed by atoms with Gasteiger partial charge in [0, 0.05) is 25.8 Å². The van der Waals surface area contributed by atoms with Crippen LogP contribution in [0.5, 0.6) is 0 Å². The highest BCUT2D eigenvalue weighted by molar-refractivity contribution is 5.97.